The lowest BCUT2D eigenvalue weighted by Crippen LogP contribution is -2.46. The minimum absolute atomic E-state index is 0.0652. The summed E-state index contributed by atoms with van der Waals surface area (Å²) in [4.78, 5) is 28.2. The molecule has 7 nitrogen and oxygen atoms in total. The molecule has 0 aromatic heterocycles. The first-order chi connectivity index (χ1) is 15.7. The van der Waals surface area contributed by atoms with Gasteiger partial charge in [0.05, 0.1) is 0 Å². The van der Waals surface area contributed by atoms with Gasteiger partial charge in [0.2, 0.25) is 18.6 Å². The smallest absolute Gasteiger partial charge is 0.246 e. The van der Waals surface area contributed by atoms with Crippen molar-refractivity contribution in [3.63, 3.8) is 0 Å². The van der Waals surface area contributed by atoms with Gasteiger partial charge in [0.1, 0.15) is 24.3 Å². The van der Waals surface area contributed by atoms with Gasteiger partial charge in [-0.15, -0.1) is 0 Å². The van der Waals surface area contributed by atoms with Crippen molar-refractivity contribution in [2.24, 2.45) is 0 Å². The van der Waals surface area contributed by atoms with Gasteiger partial charge in [-0.25, -0.2) is 0 Å². The number of carbonyl (C=O) groups is 2. The summed E-state index contributed by atoms with van der Waals surface area (Å²) in [5.41, 5.74) is 2.29. The fourth-order valence-corrected chi connectivity index (χ4v) is 4.72. The number of carbonyl (C=O) groups excluding carboxylic acids is 2. The molecule has 0 aliphatic carbocycles. The zero-order chi connectivity index (χ0) is 21.7. The summed E-state index contributed by atoms with van der Waals surface area (Å²) in [6.07, 6.45) is 0. The molecule has 2 amide bonds. The van der Waals surface area contributed by atoms with Crippen LogP contribution in [0.4, 0.5) is 5.69 Å². The molecule has 7 heteroatoms. The number of hydrogen-bond donors (Lipinski definition) is 1. The van der Waals surface area contributed by atoms with Crippen molar-refractivity contribution in [1.29, 1.82) is 0 Å². The van der Waals surface area contributed by atoms with E-state index in [0.29, 0.717) is 23.8 Å². The Morgan fingerprint density at radius 1 is 0.906 bits per heavy atom. The van der Waals surface area contributed by atoms with E-state index in [-0.39, 0.29) is 31.8 Å². The number of amides is 2. The van der Waals surface area contributed by atoms with Gasteiger partial charge in [-0.05, 0) is 23.3 Å². The number of hydrogen-bond acceptors (Lipinski definition) is 5. The molecule has 1 unspecified atom stereocenters. The molecule has 6 rings (SSSR count). The molecule has 0 saturated carbocycles. The van der Waals surface area contributed by atoms with Gasteiger partial charge in [0.25, 0.3) is 0 Å². The van der Waals surface area contributed by atoms with Crippen molar-refractivity contribution in [3.8, 4) is 17.2 Å². The van der Waals surface area contributed by atoms with E-state index < -0.39 is 5.41 Å². The van der Waals surface area contributed by atoms with Crippen LogP contribution in [-0.2, 0) is 21.5 Å². The quantitative estimate of drug-likeness (QED) is 0.692. The van der Waals surface area contributed by atoms with Gasteiger partial charge in [-0.2, -0.15) is 0 Å². The van der Waals surface area contributed by atoms with Crippen LogP contribution >= 0.6 is 0 Å². The van der Waals surface area contributed by atoms with Gasteiger partial charge >= 0.3 is 0 Å². The average molecular weight is 428 g/mol. The predicted octanol–water partition coefficient (Wildman–Crippen LogP) is 2.76. The van der Waals surface area contributed by atoms with Gasteiger partial charge < -0.3 is 24.4 Å². The van der Waals surface area contributed by atoms with Crippen LogP contribution in [0, 0.1) is 0 Å². The zero-order valence-electron chi connectivity index (χ0n) is 17.2. The third kappa shape index (κ3) is 2.67. The summed E-state index contributed by atoms with van der Waals surface area (Å²) in [5, 5.41) is 2.91. The maximum absolute atomic E-state index is 13.9. The molecule has 0 radical (unpaired) electrons. The highest BCUT2D eigenvalue weighted by Crippen LogP contribution is 2.54. The Hall–Kier alpha value is -4.00. The monoisotopic (exact) mass is 428 g/mol. The second kappa shape index (κ2) is 7.02. The molecule has 0 saturated heterocycles. The van der Waals surface area contributed by atoms with E-state index in [9.17, 15) is 9.59 Å². The Labute approximate surface area is 184 Å². The molecule has 160 valence electrons. The Morgan fingerprint density at radius 3 is 2.50 bits per heavy atom. The van der Waals surface area contributed by atoms with E-state index in [0.717, 1.165) is 22.4 Å². The molecule has 0 fully saturated rings. The molecular formula is C25H20N2O5. The number of nitrogens with zero attached hydrogens (tertiary/aromatic N) is 1. The summed E-state index contributed by atoms with van der Waals surface area (Å²) in [5.74, 6) is 1.41. The zero-order valence-corrected chi connectivity index (χ0v) is 17.2. The topological polar surface area (TPSA) is 77.1 Å². The standard InChI is InChI=1S/C25H20N2O5/c28-23(26-12-16-6-2-1-3-7-16)13-27-19-9-5-4-8-17(19)25(24(27)29)14-30-20-11-22-21(10-18(20)25)31-15-32-22/h1-11H,12-15H2,(H,26,28). The highest BCUT2D eigenvalue weighted by Gasteiger charge is 2.57. The fraction of sp³-hybridized carbons (Fsp3) is 0.200. The molecule has 1 spiro atoms. The van der Waals surface area contributed by atoms with E-state index in [2.05, 4.69) is 5.32 Å². The van der Waals surface area contributed by atoms with Crippen molar-refractivity contribution in [2.75, 3.05) is 24.8 Å². The summed E-state index contributed by atoms with van der Waals surface area (Å²) < 4.78 is 17.0. The SMILES string of the molecule is O=C(CN1C(=O)C2(COc3cc4c(cc32)OCO4)c2ccccc21)NCc1ccccc1. The van der Waals surface area contributed by atoms with Crippen molar-refractivity contribution in [3.05, 3.63) is 83.4 Å². The van der Waals surface area contributed by atoms with E-state index >= 15 is 0 Å². The second-order valence-corrected chi connectivity index (χ2v) is 8.07. The fourth-order valence-electron chi connectivity index (χ4n) is 4.72. The molecule has 3 heterocycles. The van der Waals surface area contributed by atoms with E-state index in [1.807, 2.05) is 60.7 Å². The van der Waals surface area contributed by atoms with Crippen LogP contribution in [0.1, 0.15) is 16.7 Å². The highest BCUT2D eigenvalue weighted by molar-refractivity contribution is 6.13. The number of para-hydroxylation sites is 1. The summed E-state index contributed by atoms with van der Waals surface area (Å²) in [6.45, 7) is 0.654. The minimum atomic E-state index is -1.01. The number of fused-ring (bicyclic) bond motifs is 5. The average Bonchev–Trinajstić information content (AvgIpc) is 3.50. The van der Waals surface area contributed by atoms with Crippen LogP contribution in [-0.4, -0.2) is 31.8 Å². The maximum atomic E-state index is 13.9. The normalized spacial score (nSPS) is 19.6. The molecule has 3 aliphatic rings. The molecule has 1 atom stereocenters. The second-order valence-electron chi connectivity index (χ2n) is 8.07. The van der Waals surface area contributed by atoms with E-state index in [1.54, 1.807) is 11.0 Å². The number of ether oxygens (including phenoxy) is 3. The number of nitrogens with one attached hydrogen (secondary N) is 1. The Bertz CT molecular complexity index is 1240. The molecule has 1 N–H and O–H groups in total. The highest BCUT2D eigenvalue weighted by atomic mass is 16.7. The number of rotatable bonds is 4. The van der Waals surface area contributed by atoms with Crippen molar-refractivity contribution < 1.29 is 23.8 Å². The first-order valence-corrected chi connectivity index (χ1v) is 10.5. The van der Waals surface area contributed by atoms with Gasteiger partial charge in [0, 0.05) is 23.9 Å². The number of anilines is 1. The van der Waals surface area contributed by atoms with Crippen LogP contribution in [0.5, 0.6) is 17.2 Å². The van der Waals surface area contributed by atoms with Crippen LogP contribution in [0.3, 0.4) is 0 Å². The lowest BCUT2D eigenvalue weighted by atomic mass is 9.77. The minimum Gasteiger partial charge on any atom is -0.491 e. The third-order valence-corrected chi connectivity index (χ3v) is 6.28. The van der Waals surface area contributed by atoms with Gasteiger partial charge in [0.15, 0.2) is 11.5 Å². The first-order valence-electron chi connectivity index (χ1n) is 10.5. The Kier molecular flexibility index (Phi) is 4.11. The summed E-state index contributed by atoms with van der Waals surface area (Å²) >= 11 is 0. The maximum Gasteiger partial charge on any atom is 0.246 e. The molecular weight excluding hydrogens is 408 g/mol. The van der Waals surface area contributed by atoms with Gasteiger partial charge in [-0.1, -0.05) is 48.5 Å². The summed E-state index contributed by atoms with van der Waals surface area (Å²) in [6, 6.07) is 20.9. The Balaban J connectivity index is 1.33. The van der Waals surface area contributed by atoms with Crippen molar-refractivity contribution in [1.82, 2.24) is 5.32 Å². The summed E-state index contributed by atoms with van der Waals surface area (Å²) in [7, 11) is 0. The first kappa shape index (κ1) is 18.7. The van der Waals surface area contributed by atoms with Crippen LogP contribution in [0.2, 0.25) is 0 Å². The predicted molar refractivity (Wildman–Crippen MR) is 116 cm³/mol. The lowest BCUT2D eigenvalue weighted by Gasteiger charge is -2.23. The van der Waals surface area contributed by atoms with Crippen LogP contribution in [0.15, 0.2) is 66.7 Å². The van der Waals surface area contributed by atoms with Crippen molar-refractivity contribution >= 4 is 17.5 Å². The molecule has 3 aromatic carbocycles. The van der Waals surface area contributed by atoms with Crippen LogP contribution < -0.4 is 24.4 Å². The van der Waals surface area contributed by atoms with Crippen molar-refractivity contribution in [2.45, 2.75) is 12.0 Å². The molecule has 3 aliphatic heterocycles. The number of benzene rings is 3. The largest absolute Gasteiger partial charge is 0.491 e. The molecule has 0 bridgehead atoms. The lowest BCUT2D eigenvalue weighted by molar-refractivity contribution is -0.125. The third-order valence-electron chi connectivity index (χ3n) is 6.28. The van der Waals surface area contributed by atoms with E-state index in [4.69, 9.17) is 14.2 Å². The van der Waals surface area contributed by atoms with E-state index in [1.165, 1.54) is 0 Å². The molecule has 32 heavy (non-hydrogen) atoms. The van der Waals surface area contributed by atoms with Crippen LogP contribution in [0.25, 0.3) is 0 Å². The molecule has 3 aromatic rings. The Morgan fingerprint density at radius 2 is 1.66 bits per heavy atom. The van der Waals surface area contributed by atoms with Gasteiger partial charge in [-0.3, -0.25) is 9.59 Å².